The average Bonchev–Trinajstić information content (AvgIpc) is 1.00. The molecular weight excluding hydrogens is 277 g/mol. The number of hydrogen-bond acceptors (Lipinski definition) is 2. The quantitative estimate of drug-likeness (QED) is 0.372. The van der Waals surface area contributed by atoms with Gasteiger partial charge in [-0.15, -0.1) is 0 Å². The zero-order chi connectivity index (χ0) is 2.00. The molecule has 0 aliphatic heterocycles. The molecule has 0 atom stereocenters. The van der Waals surface area contributed by atoms with Crippen molar-refractivity contribution in [2.75, 3.05) is 0 Å². The molecule has 0 fully saturated rings. The Morgan fingerprint density at radius 1 is 1.00 bits per heavy atom. The van der Waals surface area contributed by atoms with E-state index in [1.54, 1.807) is 0 Å². The van der Waals surface area contributed by atoms with Gasteiger partial charge in [0.1, 0.15) is 0 Å². The van der Waals surface area contributed by atoms with Crippen LogP contribution in [0, 0.1) is 0 Å². The number of rotatable bonds is 0. The summed E-state index contributed by atoms with van der Waals surface area (Å²) in [6, 6.07) is 0. The van der Waals surface area contributed by atoms with Crippen molar-refractivity contribution in [3.05, 3.63) is 0 Å². The van der Waals surface area contributed by atoms with E-state index in [2.05, 4.69) is 0 Å². The smallest absolute Gasteiger partial charge is 0 e. The maximum Gasteiger partial charge on any atom is 0 e. The van der Waals surface area contributed by atoms with Crippen molar-refractivity contribution in [2.45, 2.75) is 0 Å². The molecule has 29 valence electrons. The van der Waals surface area contributed by atoms with Crippen LogP contribution in [0.25, 0.3) is 0 Å². The van der Waals surface area contributed by atoms with Crippen LogP contribution in [-0.2, 0) is 44.1 Å². The van der Waals surface area contributed by atoms with E-state index in [4.69, 9.17) is 10.5 Å². The molecule has 0 bridgehead atoms. The van der Waals surface area contributed by atoms with Crippen molar-refractivity contribution in [3.63, 3.8) is 0 Å². The van der Waals surface area contributed by atoms with Crippen molar-refractivity contribution in [3.8, 4) is 0 Å². The first kappa shape index (κ1) is 18.2. The third-order valence-electron chi connectivity index (χ3n) is 0. The molecule has 4 heavy (non-hydrogen) atoms. The van der Waals surface area contributed by atoms with Gasteiger partial charge in [0.2, 0.25) is 0 Å². The molecule has 0 saturated carbocycles. The molecule has 0 spiro atoms. The van der Waals surface area contributed by atoms with Gasteiger partial charge in [-0.2, -0.15) is 0 Å². The van der Waals surface area contributed by atoms with Gasteiger partial charge in [-0.1, -0.05) is 0 Å². The fraction of sp³-hybridized carbons (Fsp3) is 0. The molecule has 0 aromatic carbocycles. The zero-order valence-electron chi connectivity index (χ0n) is 1.70. The second kappa shape index (κ2) is 26.4. The summed E-state index contributed by atoms with van der Waals surface area (Å²) in [4.78, 5) is 0. The van der Waals surface area contributed by atoms with E-state index < -0.39 is 0 Å². The second-order valence-electron chi connectivity index (χ2n) is 0. The van der Waals surface area contributed by atoms with Crippen LogP contribution >= 0.6 is 0 Å². The van der Waals surface area contributed by atoms with Crippen LogP contribution < -0.4 is 0 Å². The maximum absolute atomic E-state index is 6.00. The molecule has 0 heterocycles. The molecule has 2 N–H and O–H groups in total. The first-order valence-corrected chi connectivity index (χ1v) is 0.200. The third kappa shape index (κ3) is 10.1. The van der Waals surface area contributed by atoms with Gasteiger partial charge in [-0.25, -0.2) is 0 Å². The summed E-state index contributed by atoms with van der Waals surface area (Å²) in [5, 5.41) is 12.0. The van der Waals surface area contributed by atoms with Crippen LogP contribution in [0.1, 0.15) is 0 Å². The van der Waals surface area contributed by atoms with E-state index in [0.29, 0.717) is 0 Å². The molecule has 0 aliphatic rings. The van der Waals surface area contributed by atoms with Crippen LogP contribution in [0.4, 0.5) is 0 Å². The van der Waals surface area contributed by atoms with Gasteiger partial charge in [0.15, 0.2) is 0 Å². The van der Waals surface area contributed by atoms with Crippen LogP contribution in [0.2, 0.25) is 0 Å². The Bertz CT molecular complexity index is 6.00. The van der Waals surface area contributed by atoms with Crippen molar-refractivity contribution in [1.29, 1.82) is 0 Å². The monoisotopic (exact) mass is 279 g/mol. The van der Waals surface area contributed by atoms with E-state index in [1.807, 2.05) is 0 Å². The molecule has 0 saturated heterocycles. The summed E-state index contributed by atoms with van der Waals surface area (Å²) < 4.78 is 0. The van der Waals surface area contributed by atoms with Crippen molar-refractivity contribution < 1.29 is 54.6 Å². The van der Waals surface area contributed by atoms with E-state index >= 15 is 0 Å². The van der Waals surface area contributed by atoms with Crippen LogP contribution in [0.5, 0.6) is 0 Å². The summed E-state index contributed by atoms with van der Waals surface area (Å²) >= 11 is 0. The van der Waals surface area contributed by atoms with Crippen molar-refractivity contribution in [1.82, 2.24) is 0 Å². The van der Waals surface area contributed by atoms with E-state index in [1.165, 1.54) is 0 Å². The SMILES string of the molecule is OO.[Au].[Ti]. The maximum atomic E-state index is 6.00. The van der Waals surface area contributed by atoms with Crippen LogP contribution in [0.3, 0.4) is 0 Å². The summed E-state index contributed by atoms with van der Waals surface area (Å²) in [7, 11) is 0. The summed E-state index contributed by atoms with van der Waals surface area (Å²) in [6.07, 6.45) is 0. The molecule has 4 heteroatoms. The van der Waals surface area contributed by atoms with Crippen LogP contribution in [0.15, 0.2) is 0 Å². The predicted octanol–water partition coefficient (Wildman–Crippen LogP) is 0.0124. The predicted molar refractivity (Wildman–Crippen MR) is 5.26 cm³/mol. The molecule has 0 aromatic heterocycles. The van der Waals surface area contributed by atoms with E-state index in [9.17, 15) is 0 Å². The van der Waals surface area contributed by atoms with Gasteiger partial charge in [-0.3, -0.25) is 10.5 Å². The Morgan fingerprint density at radius 2 is 1.00 bits per heavy atom. The molecular formula is H2AuO2Ti. The molecule has 1 radical (unpaired) electrons. The Kier molecular flexibility index (Phi) is 120. The Balaban J connectivity index is -0.00000000500. The average molecular weight is 279 g/mol. The molecule has 0 aromatic rings. The third-order valence-corrected chi connectivity index (χ3v) is 0. The van der Waals surface area contributed by atoms with Gasteiger partial charge in [0, 0.05) is 44.1 Å². The fourth-order valence-electron chi connectivity index (χ4n) is 0. The van der Waals surface area contributed by atoms with Gasteiger partial charge < -0.3 is 0 Å². The second-order valence-corrected chi connectivity index (χ2v) is 0. The number of hydrogen-bond donors (Lipinski definition) is 2. The van der Waals surface area contributed by atoms with Crippen molar-refractivity contribution in [2.24, 2.45) is 0 Å². The Hall–Kier alpha value is 1.37. The topological polar surface area (TPSA) is 40.5 Å². The standard InChI is InChI=1S/Au.H2O2.Ti/c;1-2;/h;1-2H;. The van der Waals surface area contributed by atoms with Gasteiger partial charge >= 0.3 is 0 Å². The molecule has 0 amide bonds. The van der Waals surface area contributed by atoms with Gasteiger partial charge in [0.25, 0.3) is 0 Å². The molecule has 0 unspecified atom stereocenters. The molecule has 0 rings (SSSR count). The zero-order valence-corrected chi connectivity index (χ0v) is 5.42. The van der Waals surface area contributed by atoms with E-state index in [0.717, 1.165) is 0 Å². The van der Waals surface area contributed by atoms with Gasteiger partial charge in [-0.05, 0) is 0 Å². The van der Waals surface area contributed by atoms with Crippen LogP contribution in [-0.4, -0.2) is 10.5 Å². The Labute approximate surface area is 54.5 Å². The first-order valence-electron chi connectivity index (χ1n) is 0.200. The first-order chi connectivity index (χ1) is 1.00. The van der Waals surface area contributed by atoms with E-state index in [-0.39, 0.29) is 44.1 Å². The summed E-state index contributed by atoms with van der Waals surface area (Å²) in [5.74, 6) is 0. The minimum atomic E-state index is 0. The molecule has 0 aliphatic carbocycles. The minimum Gasteiger partial charge on any atom is -0.255 e. The normalized spacial score (nSPS) is 1.50. The molecule has 2 nitrogen and oxygen atoms in total. The van der Waals surface area contributed by atoms with Crippen molar-refractivity contribution >= 4 is 0 Å². The van der Waals surface area contributed by atoms with Gasteiger partial charge in [0.05, 0.1) is 0 Å². The fourth-order valence-corrected chi connectivity index (χ4v) is 0. The summed E-state index contributed by atoms with van der Waals surface area (Å²) in [6.45, 7) is 0. The Morgan fingerprint density at radius 3 is 1.00 bits per heavy atom. The summed E-state index contributed by atoms with van der Waals surface area (Å²) in [5.41, 5.74) is 0. The largest absolute Gasteiger partial charge is 0.255 e. The minimum absolute atomic E-state index is 0.